The molecule has 5 heteroatoms. The third kappa shape index (κ3) is 7.69. The third-order valence-corrected chi connectivity index (χ3v) is 6.85. The second-order valence-corrected chi connectivity index (χ2v) is 10.0. The summed E-state index contributed by atoms with van der Waals surface area (Å²) in [6, 6.07) is 34.8. The maximum atomic E-state index is 13.3. The fourth-order valence-electron chi connectivity index (χ4n) is 3.69. The minimum atomic E-state index is -0.387. The first-order valence-corrected chi connectivity index (χ1v) is 13.2. The molecule has 4 aromatic carbocycles. The van der Waals surface area contributed by atoms with E-state index in [1.807, 2.05) is 72.8 Å². The molecule has 4 nitrogen and oxygen atoms in total. The topological polar surface area (TPSA) is 58.2 Å². The van der Waals surface area contributed by atoms with Gasteiger partial charge in [0.2, 0.25) is 0 Å². The van der Waals surface area contributed by atoms with Gasteiger partial charge in [0.1, 0.15) is 5.70 Å². The average molecular weight is 507 g/mol. The highest BCUT2D eigenvalue weighted by Gasteiger charge is 2.15. The molecule has 0 aliphatic heterocycles. The van der Waals surface area contributed by atoms with Gasteiger partial charge in [-0.25, -0.2) is 0 Å². The molecule has 0 heterocycles. The van der Waals surface area contributed by atoms with E-state index in [0.717, 1.165) is 16.2 Å². The van der Waals surface area contributed by atoms with E-state index in [1.54, 1.807) is 42.1 Å². The van der Waals surface area contributed by atoms with Crippen molar-refractivity contribution in [3.05, 3.63) is 137 Å². The van der Waals surface area contributed by atoms with E-state index in [4.69, 9.17) is 0 Å². The highest BCUT2D eigenvalue weighted by molar-refractivity contribution is 7.98. The number of nitrogens with one attached hydrogen (secondary N) is 2. The van der Waals surface area contributed by atoms with Crippen molar-refractivity contribution >= 4 is 35.3 Å². The predicted molar refractivity (Wildman–Crippen MR) is 153 cm³/mol. The van der Waals surface area contributed by atoms with Crippen LogP contribution in [0.2, 0.25) is 0 Å². The summed E-state index contributed by atoms with van der Waals surface area (Å²) in [6.07, 6.45) is 1.70. The number of carbonyl (C=O) groups is 2. The van der Waals surface area contributed by atoms with Crippen LogP contribution >= 0.6 is 11.8 Å². The van der Waals surface area contributed by atoms with E-state index in [9.17, 15) is 9.59 Å². The van der Waals surface area contributed by atoms with Crippen LogP contribution in [0.4, 0.5) is 5.69 Å². The van der Waals surface area contributed by atoms with Gasteiger partial charge < -0.3 is 10.6 Å². The minimum Gasteiger partial charge on any atom is -0.321 e. The van der Waals surface area contributed by atoms with Crippen LogP contribution in [0.3, 0.4) is 0 Å². The van der Waals surface area contributed by atoms with Crippen LogP contribution in [0.15, 0.2) is 120 Å². The van der Waals surface area contributed by atoms with Gasteiger partial charge in [-0.05, 0) is 59.0 Å². The lowest BCUT2D eigenvalue weighted by Gasteiger charge is -2.13. The highest BCUT2D eigenvalue weighted by atomic mass is 32.2. The number of amides is 2. The Kier molecular flexibility index (Phi) is 8.95. The zero-order valence-electron chi connectivity index (χ0n) is 21.0. The lowest BCUT2D eigenvalue weighted by molar-refractivity contribution is -0.113. The first kappa shape index (κ1) is 26.0. The van der Waals surface area contributed by atoms with Crippen molar-refractivity contribution < 1.29 is 9.59 Å². The molecule has 2 amide bonds. The van der Waals surface area contributed by atoms with Gasteiger partial charge in [-0.1, -0.05) is 92.7 Å². The van der Waals surface area contributed by atoms with Gasteiger partial charge in [-0.15, -0.1) is 11.8 Å². The van der Waals surface area contributed by atoms with Gasteiger partial charge in [0, 0.05) is 21.9 Å². The lowest BCUT2D eigenvalue weighted by Crippen LogP contribution is -2.30. The average Bonchev–Trinajstić information content (AvgIpc) is 2.93. The number of carbonyl (C=O) groups excluding carboxylic acids is 2. The molecule has 0 saturated heterocycles. The predicted octanol–water partition coefficient (Wildman–Crippen LogP) is 7.51. The zero-order valence-corrected chi connectivity index (χ0v) is 21.8. The maximum absolute atomic E-state index is 13.3. The van der Waals surface area contributed by atoms with Gasteiger partial charge in [0.15, 0.2) is 0 Å². The molecule has 4 aromatic rings. The number of thioether (sulfide) groups is 1. The Bertz CT molecular complexity index is 1370. The van der Waals surface area contributed by atoms with Crippen molar-refractivity contribution in [2.75, 3.05) is 5.32 Å². The number of anilines is 1. The molecule has 186 valence electrons. The Morgan fingerprint density at radius 1 is 0.811 bits per heavy atom. The monoisotopic (exact) mass is 506 g/mol. The van der Waals surface area contributed by atoms with Crippen LogP contribution in [0.1, 0.15) is 46.8 Å². The smallest absolute Gasteiger partial charge is 0.272 e. The third-order valence-electron chi connectivity index (χ3n) is 5.78. The van der Waals surface area contributed by atoms with Crippen molar-refractivity contribution in [2.45, 2.75) is 30.4 Å². The van der Waals surface area contributed by atoms with E-state index in [0.29, 0.717) is 17.2 Å². The van der Waals surface area contributed by atoms with E-state index >= 15 is 0 Å². The van der Waals surface area contributed by atoms with Crippen molar-refractivity contribution in [1.29, 1.82) is 0 Å². The van der Waals surface area contributed by atoms with E-state index < -0.39 is 0 Å². The molecular formula is C32H30N2O2S. The summed E-state index contributed by atoms with van der Waals surface area (Å²) in [5.74, 6) is 0.518. The Morgan fingerprint density at radius 2 is 1.49 bits per heavy atom. The van der Waals surface area contributed by atoms with Crippen molar-refractivity contribution in [2.24, 2.45) is 0 Å². The van der Waals surface area contributed by atoms with E-state index in [2.05, 4.69) is 36.6 Å². The van der Waals surface area contributed by atoms with E-state index in [-0.39, 0.29) is 17.5 Å². The van der Waals surface area contributed by atoms with E-state index in [1.165, 1.54) is 11.1 Å². The first-order chi connectivity index (χ1) is 18.0. The standard InChI is InChI=1S/C32H30N2O2S/c1-23(2)26-18-16-24(17-19-26)20-30(34-31(35)27-12-7-4-8-13-27)32(36)33-28-14-9-15-29(21-28)37-22-25-10-5-3-6-11-25/h3-21,23H,22H2,1-2H3,(H,33,36)(H,34,35)/b30-20+. The number of benzene rings is 4. The molecular weight excluding hydrogens is 476 g/mol. The molecule has 0 unspecified atom stereocenters. The van der Waals surface area contributed by atoms with Crippen molar-refractivity contribution in [3.63, 3.8) is 0 Å². The van der Waals surface area contributed by atoms with Crippen LogP contribution in [0.5, 0.6) is 0 Å². The Hall–Kier alpha value is -4.09. The van der Waals surface area contributed by atoms with Gasteiger partial charge in [-0.3, -0.25) is 9.59 Å². The summed E-state index contributed by atoms with van der Waals surface area (Å²) in [5, 5.41) is 5.76. The summed E-state index contributed by atoms with van der Waals surface area (Å²) >= 11 is 1.70. The second kappa shape index (κ2) is 12.7. The van der Waals surface area contributed by atoms with Crippen molar-refractivity contribution in [3.8, 4) is 0 Å². The van der Waals surface area contributed by atoms with Crippen LogP contribution in [0, 0.1) is 0 Å². The molecule has 0 atom stereocenters. The van der Waals surface area contributed by atoms with Crippen LogP contribution in [-0.2, 0) is 10.5 Å². The molecule has 37 heavy (non-hydrogen) atoms. The first-order valence-electron chi connectivity index (χ1n) is 12.2. The molecule has 0 saturated carbocycles. The van der Waals surface area contributed by atoms with Gasteiger partial charge in [0.05, 0.1) is 0 Å². The lowest BCUT2D eigenvalue weighted by atomic mass is 10.0. The second-order valence-electron chi connectivity index (χ2n) is 8.96. The highest BCUT2D eigenvalue weighted by Crippen LogP contribution is 2.25. The summed E-state index contributed by atoms with van der Waals surface area (Å²) < 4.78 is 0. The molecule has 0 aliphatic rings. The number of rotatable bonds is 9. The Morgan fingerprint density at radius 3 is 2.16 bits per heavy atom. The quantitative estimate of drug-likeness (QED) is 0.182. The molecule has 4 rings (SSSR count). The molecule has 0 spiro atoms. The van der Waals surface area contributed by atoms with Gasteiger partial charge in [-0.2, -0.15) is 0 Å². The summed E-state index contributed by atoms with van der Waals surface area (Å²) in [6.45, 7) is 4.27. The number of hydrogen-bond acceptors (Lipinski definition) is 3. The summed E-state index contributed by atoms with van der Waals surface area (Å²) in [4.78, 5) is 27.3. The SMILES string of the molecule is CC(C)c1ccc(/C=C(/NC(=O)c2ccccc2)C(=O)Nc2cccc(SCc3ccccc3)c2)cc1. The molecule has 0 fully saturated rings. The Labute approximate surface area is 222 Å². The Balaban J connectivity index is 1.53. The van der Waals surface area contributed by atoms with Crippen molar-refractivity contribution in [1.82, 2.24) is 5.32 Å². The molecule has 0 aliphatic carbocycles. The molecule has 0 radical (unpaired) electrons. The molecule has 0 aromatic heterocycles. The van der Waals surface area contributed by atoms with Crippen LogP contribution in [0.25, 0.3) is 6.08 Å². The van der Waals surface area contributed by atoms with Crippen LogP contribution in [-0.4, -0.2) is 11.8 Å². The molecule has 2 N–H and O–H groups in total. The summed E-state index contributed by atoms with van der Waals surface area (Å²) in [5.41, 5.74) is 4.60. The van der Waals surface area contributed by atoms with Gasteiger partial charge >= 0.3 is 0 Å². The maximum Gasteiger partial charge on any atom is 0.272 e. The zero-order chi connectivity index (χ0) is 26.0. The normalized spacial score (nSPS) is 11.3. The minimum absolute atomic E-state index is 0.175. The van der Waals surface area contributed by atoms with Gasteiger partial charge in [0.25, 0.3) is 11.8 Å². The largest absolute Gasteiger partial charge is 0.321 e. The molecule has 0 bridgehead atoms. The van der Waals surface area contributed by atoms with Crippen LogP contribution < -0.4 is 10.6 Å². The summed E-state index contributed by atoms with van der Waals surface area (Å²) in [7, 11) is 0. The fourth-order valence-corrected chi connectivity index (χ4v) is 4.60. The number of hydrogen-bond donors (Lipinski definition) is 2. The fraction of sp³-hybridized carbons (Fsp3) is 0.125.